The fourth-order valence-corrected chi connectivity index (χ4v) is 2.73. The number of halogens is 1. The van der Waals surface area contributed by atoms with Crippen LogP contribution in [0, 0.1) is 19.7 Å². The number of carbonyl (C=O) groups excluding carboxylic acids is 1. The molecule has 0 saturated carbocycles. The fourth-order valence-electron chi connectivity index (χ4n) is 2.73. The number of carbonyl (C=O) groups is 1. The van der Waals surface area contributed by atoms with Crippen molar-refractivity contribution in [2.45, 2.75) is 20.4 Å². The first-order chi connectivity index (χ1) is 11.4. The predicted molar refractivity (Wildman–Crippen MR) is 89.5 cm³/mol. The average Bonchev–Trinajstić information content (AvgIpc) is 2.80. The van der Waals surface area contributed by atoms with Crippen LogP contribution in [-0.4, -0.2) is 20.3 Å². The summed E-state index contributed by atoms with van der Waals surface area (Å²) >= 11 is 0. The summed E-state index contributed by atoms with van der Waals surface area (Å²) in [4.78, 5) is 24.7. The zero-order chi connectivity index (χ0) is 17.4. The molecular formula is C17H17FN4O2. The van der Waals surface area contributed by atoms with Crippen LogP contribution in [0.15, 0.2) is 35.3 Å². The molecule has 3 aromatic rings. The lowest BCUT2D eigenvalue weighted by molar-refractivity contribution is -0.116. The van der Waals surface area contributed by atoms with Crippen LogP contribution < -0.4 is 10.9 Å². The summed E-state index contributed by atoms with van der Waals surface area (Å²) in [6.07, 6.45) is 1.58. The number of pyridine rings is 1. The molecule has 0 fully saturated rings. The number of rotatable bonds is 3. The Bertz CT molecular complexity index is 1000. The third-order valence-corrected chi connectivity index (χ3v) is 3.93. The van der Waals surface area contributed by atoms with Crippen LogP contribution in [0.5, 0.6) is 0 Å². The van der Waals surface area contributed by atoms with Gasteiger partial charge in [0.15, 0.2) is 0 Å². The van der Waals surface area contributed by atoms with Crippen molar-refractivity contribution in [2.24, 2.45) is 7.05 Å². The van der Waals surface area contributed by atoms with Gasteiger partial charge in [-0.25, -0.2) is 4.39 Å². The molecule has 1 aromatic carbocycles. The van der Waals surface area contributed by atoms with Gasteiger partial charge >= 0.3 is 0 Å². The van der Waals surface area contributed by atoms with Gasteiger partial charge in [0.05, 0.1) is 5.69 Å². The van der Waals surface area contributed by atoms with Crippen molar-refractivity contribution in [3.63, 3.8) is 0 Å². The van der Waals surface area contributed by atoms with E-state index in [9.17, 15) is 14.0 Å². The van der Waals surface area contributed by atoms with Crippen LogP contribution in [0.2, 0.25) is 0 Å². The lowest BCUT2D eigenvalue weighted by Crippen LogP contribution is -2.28. The molecule has 0 aliphatic heterocycles. The van der Waals surface area contributed by atoms with E-state index < -0.39 is 0 Å². The van der Waals surface area contributed by atoms with Crippen molar-refractivity contribution < 1.29 is 9.18 Å². The van der Waals surface area contributed by atoms with Crippen LogP contribution in [0.4, 0.5) is 10.1 Å². The second kappa shape index (κ2) is 5.92. The fraction of sp³-hybridized carbons (Fsp3) is 0.235. The van der Waals surface area contributed by atoms with E-state index in [2.05, 4.69) is 10.4 Å². The molecule has 0 aliphatic carbocycles. The maximum absolute atomic E-state index is 13.1. The van der Waals surface area contributed by atoms with Gasteiger partial charge in [-0.15, -0.1) is 0 Å². The number of anilines is 1. The first-order valence-electron chi connectivity index (χ1n) is 7.45. The Balaban J connectivity index is 1.87. The third-order valence-electron chi connectivity index (χ3n) is 3.93. The molecule has 0 radical (unpaired) electrons. The van der Waals surface area contributed by atoms with Crippen molar-refractivity contribution in [3.05, 3.63) is 57.9 Å². The summed E-state index contributed by atoms with van der Waals surface area (Å²) in [5.74, 6) is -0.719. The highest BCUT2D eigenvalue weighted by atomic mass is 19.1. The number of nitrogens with one attached hydrogen (secondary N) is 1. The predicted octanol–water partition coefficient (Wildman–Crippen LogP) is 2.13. The molecule has 0 bridgehead atoms. The Morgan fingerprint density at radius 2 is 2.04 bits per heavy atom. The number of hydrogen-bond acceptors (Lipinski definition) is 3. The maximum atomic E-state index is 13.1. The van der Waals surface area contributed by atoms with E-state index in [1.807, 2.05) is 6.92 Å². The van der Waals surface area contributed by atoms with Crippen LogP contribution >= 0.6 is 0 Å². The lowest BCUT2D eigenvalue weighted by Gasteiger charge is -2.10. The van der Waals surface area contributed by atoms with Crippen LogP contribution in [0.1, 0.15) is 11.3 Å². The van der Waals surface area contributed by atoms with Crippen molar-refractivity contribution >= 4 is 22.5 Å². The van der Waals surface area contributed by atoms with Gasteiger partial charge in [-0.1, -0.05) is 0 Å². The van der Waals surface area contributed by atoms with E-state index in [0.29, 0.717) is 16.8 Å². The van der Waals surface area contributed by atoms with E-state index in [4.69, 9.17) is 0 Å². The van der Waals surface area contributed by atoms with Gasteiger partial charge in [0.25, 0.3) is 5.56 Å². The molecule has 0 spiro atoms. The molecule has 124 valence electrons. The molecule has 2 heterocycles. The van der Waals surface area contributed by atoms with Gasteiger partial charge in [0, 0.05) is 24.3 Å². The van der Waals surface area contributed by atoms with Gasteiger partial charge in [0.2, 0.25) is 5.91 Å². The van der Waals surface area contributed by atoms with Gasteiger partial charge in [-0.3, -0.25) is 14.3 Å². The molecule has 3 rings (SSSR count). The Morgan fingerprint density at radius 1 is 1.29 bits per heavy atom. The summed E-state index contributed by atoms with van der Waals surface area (Å²) in [6.45, 7) is 3.40. The number of aryl methyl sites for hydroxylation is 3. The van der Waals surface area contributed by atoms with Crippen molar-refractivity contribution in [3.8, 4) is 0 Å². The lowest BCUT2D eigenvalue weighted by atomic mass is 10.2. The van der Waals surface area contributed by atoms with Crippen molar-refractivity contribution in [1.29, 1.82) is 0 Å². The highest BCUT2D eigenvalue weighted by molar-refractivity contribution is 5.91. The van der Waals surface area contributed by atoms with Crippen molar-refractivity contribution in [2.75, 3.05) is 5.32 Å². The molecule has 0 saturated heterocycles. The van der Waals surface area contributed by atoms with E-state index in [1.54, 1.807) is 26.2 Å². The molecule has 7 heteroatoms. The normalized spacial score (nSPS) is 11.0. The highest BCUT2D eigenvalue weighted by Crippen LogP contribution is 2.16. The summed E-state index contributed by atoms with van der Waals surface area (Å²) in [7, 11) is 1.70. The SMILES string of the molecule is Cc1cc(F)ccc1NC(=O)Cn1ccc2c(C)nn(C)c2c1=O. The molecule has 24 heavy (non-hydrogen) atoms. The zero-order valence-electron chi connectivity index (χ0n) is 13.6. The van der Waals surface area contributed by atoms with Gasteiger partial charge in [0.1, 0.15) is 17.9 Å². The van der Waals surface area contributed by atoms with Crippen molar-refractivity contribution in [1.82, 2.24) is 14.3 Å². The van der Waals surface area contributed by atoms with Gasteiger partial charge in [-0.2, -0.15) is 5.10 Å². The Labute approximate surface area is 137 Å². The minimum absolute atomic E-state index is 0.129. The molecule has 1 N–H and O–H groups in total. The summed E-state index contributed by atoms with van der Waals surface area (Å²) in [6, 6.07) is 5.89. The molecule has 6 nitrogen and oxygen atoms in total. The number of nitrogens with zero attached hydrogens (tertiary/aromatic N) is 3. The standard InChI is InChI=1S/C17H17FN4O2/c1-10-8-12(18)4-5-14(10)19-15(23)9-22-7-6-13-11(2)20-21(3)16(13)17(22)24/h4-8H,9H2,1-3H3,(H,19,23). The molecule has 0 atom stereocenters. The molecule has 0 unspecified atom stereocenters. The number of fused-ring (bicyclic) bond motifs is 1. The largest absolute Gasteiger partial charge is 0.324 e. The number of amides is 1. The van der Waals surface area contributed by atoms with Crippen LogP contribution in [0.3, 0.4) is 0 Å². The first kappa shape index (κ1) is 15.9. The summed E-state index contributed by atoms with van der Waals surface area (Å²) < 4.78 is 16.0. The topological polar surface area (TPSA) is 68.9 Å². The van der Waals surface area contributed by atoms with Crippen LogP contribution in [0.25, 0.3) is 10.9 Å². The quantitative estimate of drug-likeness (QED) is 0.801. The number of aromatic nitrogens is 3. The van der Waals surface area contributed by atoms with E-state index >= 15 is 0 Å². The van der Waals surface area contributed by atoms with E-state index in [0.717, 1.165) is 11.1 Å². The maximum Gasteiger partial charge on any atom is 0.277 e. The Morgan fingerprint density at radius 3 is 2.75 bits per heavy atom. The minimum Gasteiger partial charge on any atom is -0.324 e. The highest BCUT2D eigenvalue weighted by Gasteiger charge is 2.13. The minimum atomic E-state index is -0.362. The van der Waals surface area contributed by atoms with Crippen LogP contribution in [-0.2, 0) is 18.4 Å². The number of hydrogen-bond donors (Lipinski definition) is 1. The summed E-state index contributed by atoms with van der Waals surface area (Å²) in [5.41, 5.74) is 2.09. The zero-order valence-corrected chi connectivity index (χ0v) is 13.6. The second-order valence-corrected chi connectivity index (χ2v) is 5.73. The molecular weight excluding hydrogens is 311 g/mol. The second-order valence-electron chi connectivity index (χ2n) is 5.73. The smallest absolute Gasteiger partial charge is 0.277 e. The van der Waals surface area contributed by atoms with E-state index in [1.165, 1.54) is 27.4 Å². The first-order valence-corrected chi connectivity index (χ1v) is 7.45. The Hall–Kier alpha value is -2.96. The van der Waals surface area contributed by atoms with Gasteiger partial charge < -0.3 is 9.88 Å². The number of benzene rings is 1. The monoisotopic (exact) mass is 328 g/mol. The van der Waals surface area contributed by atoms with E-state index in [-0.39, 0.29) is 23.8 Å². The Kier molecular flexibility index (Phi) is 3.92. The molecule has 2 aromatic heterocycles. The third kappa shape index (κ3) is 2.80. The average molecular weight is 328 g/mol. The van der Waals surface area contributed by atoms with Gasteiger partial charge in [-0.05, 0) is 43.7 Å². The summed E-state index contributed by atoms with van der Waals surface area (Å²) in [5, 5.41) is 7.69. The molecule has 0 aliphatic rings. The molecule has 1 amide bonds.